The van der Waals surface area contributed by atoms with Crippen molar-refractivity contribution in [1.29, 1.82) is 0 Å². The lowest BCUT2D eigenvalue weighted by atomic mass is 10.1. The fourth-order valence-corrected chi connectivity index (χ4v) is 2.18. The van der Waals surface area contributed by atoms with Crippen molar-refractivity contribution >= 4 is 5.82 Å². The predicted octanol–water partition coefficient (Wildman–Crippen LogP) is 3.33. The molecule has 1 unspecified atom stereocenters. The number of benzene rings is 1. The van der Waals surface area contributed by atoms with Gasteiger partial charge >= 0.3 is 0 Å². The Hall–Kier alpha value is -2.10. The molecule has 0 saturated heterocycles. The summed E-state index contributed by atoms with van der Waals surface area (Å²) in [6, 6.07) is 12.2. The van der Waals surface area contributed by atoms with E-state index in [4.69, 9.17) is 0 Å². The quantitative estimate of drug-likeness (QED) is 0.856. The highest BCUT2D eigenvalue weighted by Gasteiger charge is 2.08. The number of hydrogen-bond acceptors (Lipinski definition) is 3. The first kappa shape index (κ1) is 15.3. The molecule has 112 valence electrons. The van der Waals surface area contributed by atoms with Crippen LogP contribution in [0.15, 0.2) is 41.2 Å². The normalized spacial score (nSPS) is 12.4. The van der Waals surface area contributed by atoms with Gasteiger partial charge in [0.15, 0.2) is 0 Å². The summed E-state index contributed by atoms with van der Waals surface area (Å²) >= 11 is 0. The first-order valence-electron chi connectivity index (χ1n) is 7.46. The maximum Gasteiger partial charge on any atom is 0.252 e. The van der Waals surface area contributed by atoms with Crippen LogP contribution in [0, 0.1) is 0 Å². The van der Waals surface area contributed by atoms with Gasteiger partial charge < -0.3 is 10.3 Å². The van der Waals surface area contributed by atoms with Crippen LogP contribution < -0.4 is 10.9 Å². The summed E-state index contributed by atoms with van der Waals surface area (Å²) in [4.78, 5) is 18.9. The number of H-pyrrole nitrogens is 1. The van der Waals surface area contributed by atoms with Gasteiger partial charge in [-0.3, -0.25) is 4.79 Å². The molecule has 0 spiro atoms. The molecular formula is C17H23N3O. The topological polar surface area (TPSA) is 57.8 Å². The van der Waals surface area contributed by atoms with Crippen molar-refractivity contribution in [2.45, 2.75) is 45.6 Å². The second-order valence-electron chi connectivity index (χ2n) is 5.74. The summed E-state index contributed by atoms with van der Waals surface area (Å²) in [5.74, 6) is 1.59. The first-order chi connectivity index (χ1) is 10.0. The molecule has 1 heterocycles. The third-order valence-corrected chi connectivity index (χ3v) is 3.41. The van der Waals surface area contributed by atoms with Crippen LogP contribution in [0.5, 0.6) is 0 Å². The second-order valence-corrected chi connectivity index (χ2v) is 5.74. The van der Waals surface area contributed by atoms with Crippen molar-refractivity contribution in [2.75, 3.05) is 5.32 Å². The third kappa shape index (κ3) is 4.74. The summed E-state index contributed by atoms with van der Waals surface area (Å²) in [7, 11) is 0. The van der Waals surface area contributed by atoms with Crippen molar-refractivity contribution < 1.29 is 0 Å². The van der Waals surface area contributed by atoms with Gasteiger partial charge in [-0.15, -0.1) is 0 Å². The maximum atomic E-state index is 11.6. The molecule has 21 heavy (non-hydrogen) atoms. The lowest BCUT2D eigenvalue weighted by Crippen LogP contribution is -2.20. The van der Waals surface area contributed by atoms with Crippen LogP contribution in [0.4, 0.5) is 5.82 Å². The molecule has 4 nitrogen and oxygen atoms in total. The molecule has 0 bridgehead atoms. The number of nitrogens with zero attached hydrogens (tertiary/aromatic N) is 1. The zero-order valence-electron chi connectivity index (χ0n) is 12.9. The number of rotatable bonds is 6. The van der Waals surface area contributed by atoms with Crippen LogP contribution in [0.3, 0.4) is 0 Å². The Morgan fingerprint density at radius 1 is 1.19 bits per heavy atom. The Balaban J connectivity index is 1.96. The average Bonchev–Trinajstić information content (AvgIpc) is 2.45. The molecule has 0 aliphatic carbocycles. The third-order valence-electron chi connectivity index (χ3n) is 3.41. The van der Waals surface area contributed by atoms with Gasteiger partial charge in [0, 0.05) is 18.0 Å². The van der Waals surface area contributed by atoms with Gasteiger partial charge in [0.2, 0.25) is 0 Å². The standard InChI is InChI=1S/C17H23N3O/c1-12(2)17-19-15(11-16(21)20-17)18-13(3)9-10-14-7-5-4-6-8-14/h4-8,11-13H,9-10H2,1-3H3,(H2,18,19,20,21). The van der Waals surface area contributed by atoms with E-state index >= 15 is 0 Å². The summed E-state index contributed by atoms with van der Waals surface area (Å²) in [6.45, 7) is 6.14. The lowest BCUT2D eigenvalue weighted by Gasteiger charge is -2.15. The van der Waals surface area contributed by atoms with E-state index in [0.717, 1.165) is 18.7 Å². The zero-order valence-corrected chi connectivity index (χ0v) is 12.9. The highest BCUT2D eigenvalue weighted by molar-refractivity contribution is 5.34. The van der Waals surface area contributed by atoms with Gasteiger partial charge in [0.05, 0.1) is 0 Å². The van der Waals surface area contributed by atoms with Gasteiger partial charge in [-0.25, -0.2) is 4.98 Å². The maximum absolute atomic E-state index is 11.6. The minimum atomic E-state index is -0.105. The summed E-state index contributed by atoms with van der Waals surface area (Å²) in [5, 5.41) is 3.32. The molecular weight excluding hydrogens is 262 g/mol. The molecule has 1 atom stereocenters. The van der Waals surface area contributed by atoms with E-state index in [1.54, 1.807) is 0 Å². The lowest BCUT2D eigenvalue weighted by molar-refractivity contribution is 0.696. The average molecular weight is 285 g/mol. The highest BCUT2D eigenvalue weighted by atomic mass is 16.1. The van der Waals surface area contributed by atoms with E-state index in [2.05, 4.69) is 46.5 Å². The van der Waals surface area contributed by atoms with Gasteiger partial charge in [-0.05, 0) is 25.3 Å². The van der Waals surface area contributed by atoms with Gasteiger partial charge in [0.1, 0.15) is 11.6 Å². The van der Waals surface area contributed by atoms with E-state index < -0.39 is 0 Å². The molecule has 1 aromatic heterocycles. The van der Waals surface area contributed by atoms with E-state index in [0.29, 0.717) is 5.82 Å². The Morgan fingerprint density at radius 3 is 2.57 bits per heavy atom. The second kappa shape index (κ2) is 7.07. The molecule has 4 heteroatoms. The van der Waals surface area contributed by atoms with E-state index in [1.807, 2.05) is 19.9 Å². The molecule has 0 aliphatic rings. The number of aryl methyl sites for hydroxylation is 1. The van der Waals surface area contributed by atoms with Gasteiger partial charge in [-0.2, -0.15) is 0 Å². The predicted molar refractivity (Wildman–Crippen MR) is 86.8 cm³/mol. The summed E-state index contributed by atoms with van der Waals surface area (Å²) < 4.78 is 0. The van der Waals surface area contributed by atoms with Crippen molar-refractivity contribution in [3.63, 3.8) is 0 Å². The van der Waals surface area contributed by atoms with Crippen molar-refractivity contribution in [3.8, 4) is 0 Å². The van der Waals surface area contributed by atoms with Crippen molar-refractivity contribution in [2.24, 2.45) is 0 Å². The molecule has 0 fully saturated rings. The minimum Gasteiger partial charge on any atom is -0.367 e. The van der Waals surface area contributed by atoms with Gasteiger partial charge in [-0.1, -0.05) is 44.2 Å². The molecule has 1 aromatic carbocycles. The molecule has 0 aliphatic heterocycles. The van der Waals surface area contributed by atoms with Crippen molar-refractivity contribution in [3.05, 3.63) is 58.1 Å². The van der Waals surface area contributed by atoms with E-state index in [9.17, 15) is 4.79 Å². The number of nitrogens with one attached hydrogen (secondary N) is 2. The molecule has 2 rings (SSSR count). The Bertz CT molecular complexity index is 619. The van der Waals surface area contributed by atoms with Crippen LogP contribution in [0.1, 0.15) is 44.5 Å². The summed E-state index contributed by atoms with van der Waals surface area (Å²) in [5.41, 5.74) is 1.22. The van der Waals surface area contributed by atoms with Crippen LogP contribution in [0.2, 0.25) is 0 Å². The number of aromatic amines is 1. The van der Waals surface area contributed by atoms with E-state index in [-0.39, 0.29) is 17.5 Å². The molecule has 0 radical (unpaired) electrons. The highest BCUT2D eigenvalue weighted by Crippen LogP contribution is 2.12. The number of aromatic nitrogens is 2. The minimum absolute atomic E-state index is 0.105. The Labute approximate surface area is 125 Å². The number of anilines is 1. The largest absolute Gasteiger partial charge is 0.367 e. The Kier molecular flexibility index (Phi) is 5.14. The van der Waals surface area contributed by atoms with Crippen LogP contribution >= 0.6 is 0 Å². The number of hydrogen-bond donors (Lipinski definition) is 2. The monoisotopic (exact) mass is 285 g/mol. The smallest absolute Gasteiger partial charge is 0.252 e. The van der Waals surface area contributed by atoms with Crippen LogP contribution in [-0.4, -0.2) is 16.0 Å². The fraction of sp³-hybridized carbons (Fsp3) is 0.412. The first-order valence-corrected chi connectivity index (χ1v) is 7.46. The molecule has 0 amide bonds. The molecule has 2 N–H and O–H groups in total. The van der Waals surface area contributed by atoms with E-state index in [1.165, 1.54) is 11.6 Å². The summed E-state index contributed by atoms with van der Waals surface area (Å²) in [6.07, 6.45) is 2.00. The zero-order chi connectivity index (χ0) is 15.2. The van der Waals surface area contributed by atoms with Crippen LogP contribution in [0.25, 0.3) is 0 Å². The molecule has 2 aromatic rings. The van der Waals surface area contributed by atoms with Crippen LogP contribution in [-0.2, 0) is 6.42 Å². The molecule has 0 saturated carbocycles. The van der Waals surface area contributed by atoms with Crippen molar-refractivity contribution in [1.82, 2.24) is 9.97 Å². The SMILES string of the molecule is CC(CCc1ccccc1)Nc1cc(=O)[nH]c(C(C)C)n1. The fourth-order valence-electron chi connectivity index (χ4n) is 2.18. The van der Waals surface area contributed by atoms with Gasteiger partial charge in [0.25, 0.3) is 5.56 Å². The Morgan fingerprint density at radius 2 is 1.90 bits per heavy atom.